The Morgan fingerprint density at radius 1 is 1.02 bits per heavy atom. The lowest BCUT2D eigenvalue weighted by Gasteiger charge is -2.35. The maximum Gasteiger partial charge on any atom is 0.321 e. The molecule has 0 aliphatic carbocycles. The van der Waals surface area contributed by atoms with Crippen LogP contribution < -0.4 is 5.32 Å². The van der Waals surface area contributed by atoms with Crippen molar-refractivity contribution in [2.24, 2.45) is 17.0 Å². The van der Waals surface area contributed by atoms with Gasteiger partial charge in [-0.3, -0.25) is 9.78 Å². The molecule has 2 unspecified atom stereocenters. The van der Waals surface area contributed by atoms with Gasteiger partial charge in [0.25, 0.3) is 0 Å². The maximum absolute atomic E-state index is 14.2. The molecule has 13 heteroatoms. The number of aliphatic hydroxyl groups excluding tert-OH is 1. The van der Waals surface area contributed by atoms with Crippen LogP contribution in [0.3, 0.4) is 0 Å². The van der Waals surface area contributed by atoms with Gasteiger partial charge in [0.05, 0.1) is 23.3 Å². The Morgan fingerprint density at radius 3 is 2.33 bits per heavy atom. The Labute approximate surface area is 289 Å². The molecule has 4 rings (SSSR count). The molecule has 0 bridgehead atoms. The number of pyridine rings is 1. The maximum atomic E-state index is 14.2. The molecule has 12 nitrogen and oxygen atoms in total. The monoisotopic (exact) mass is 692 g/mol. The first-order valence-electron chi connectivity index (χ1n) is 16.7. The molecule has 2 heterocycles. The number of nitrogens with zero attached hydrogens (tertiary/aromatic N) is 5. The molecule has 1 aliphatic rings. The number of amides is 3. The smallest absolute Gasteiger partial charge is 0.321 e. The van der Waals surface area contributed by atoms with Gasteiger partial charge in [0.1, 0.15) is 6.04 Å². The number of carbonyl (C=O) groups is 2. The zero-order chi connectivity index (χ0) is 35.6. The van der Waals surface area contributed by atoms with Crippen LogP contribution in [-0.4, -0.2) is 100 Å². The number of aromatic nitrogens is 1. The van der Waals surface area contributed by atoms with Crippen molar-refractivity contribution >= 4 is 28.2 Å². The van der Waals surface area contributed by atoms with Gasteiger partial charge in [0, 0.05) is 45.1 Å². The van der Waals surface area contributed by atoms with E-state index in [1.165, 1.54) is 34.8 Å². The lowest BCUT2D eigenvalue weighted by molar-refractivity contribution is -0.128. The number of rotatable bonds is 17. The molecule has 0 saturated carbocycles. The average molecular weight is 693 g/mol. The number of benzene rings is 2. The van der Waals surface area contributed by atoms with E-state index in [1.807, 2.05) is 70.2 Å². The van der Waals surface area contributed by atoms with Crippen LogP contribution in [0.25, 0.3) is 0 Å². The van der Waals surface area contributed by atoms with Crippen molar-refractivity contribution < 1.29 is 28.3 Å². The predicted molar refractivity (Wildman–Crippen MR) is 187 cm³/mol. The summed E-state index contributed by atoms with van der Waals surface area (Å²) in [6.07, 6.45) is 4.19. The van der Waals surface area contributed by atoms with Crippen molar-refractivity contribution in [2.75, 3.05) is 26.2 Å². The summed E-state index contributed by atoms with van der Waals surface area (Å²) >= 11 is 0. The fraction of sp³-hybridized carbons (Fsp3) is 0.444. The Hall–Kier alpha value is -4.33. The molecular formula is C36H48N6O6S. The number of carbonyl (C=O) groups excluding carboxylic acids is 2. The quantitative estimate of drug-likeness (QED) is 0.110. The van der Waals surface area contributed by atoms with Gasteiger partial charge in [-0.25, -0.2) is 13.2 Å². The second-order valence-corrected chi connectivity index (χ2v) is 14.9. The Morgan fingerprint density at radius 2 is 1.71 bits per heavy atom. The van der Waals surface area contributed by atoms with Crippen LogP contribution in [0.1, 0.15) is 50.8 Å². The standard InChI is InChI=1S/C36H48N6O6S/c1-5-27(4)34(42-19-18-40(36(42)45)24-30-12-9-17-37-21-30)35(44)39-32(20-28-10-7-6-8-11-28)33(43)25-41(23-26(2)3)49(47,48)31-15-13-29(14-16-31)22-38-46/h6-17,21-22,26-27,32-34,43,46H,5,18-20,23-25H2,1-4H3,(H,39,44)/b38-22+/t27?,32-,33+,34?/m0/s1. The zero-order valence-corrected chi connectivity index (χ0v) is 29.4. The predicted octanol–water partition coefficient (Wildman–Crippen LogP) is 3.98. The summed E-state index contributed by atoms with van der Waals surface area (Å²) in [5.41, 5.74) is 2.27. The molecule has 1 fully saturated rings. The van der Waals surface area contributed by atoms with E-state index in [0.717, 1.165) is 11.1 Å². The van der Waals surface area contributed by atoms with E-state index in [9.17, 15) is 23.1 Å². The largest absolute Gasteiger partial charge is 0.411 e. The van der Waals surface area contributed by atoms with Crippen LogP contribution in [0, 0.1) is 11.8 Å². The van der Waals surface area contributed by atoms with Gasteiger partial charge in [0.2, 0.25) is 15.9 Å². The minimum atomic E-state index is -4.05. The number of oxime groups is 1. The number of hydrogen-bond acceptors (Lipinski definition) is 8. The van der Waals surface area contributed by atoms with Crippen LogP contribution >= 0.6 is 0 Å². The van der Waals surface area contributed by atoms with Crippen molar-refractivity contribution in [3.05, 3.63) is 95.8 Å². The first-order valence-corrected chi connectivity index (χ1v) is 18.1. The molecule has 264 valence electrons. The van der Waals surface area contributed by atoms with Gasteiger partial charge in [-0.15, -0.1) is 0 Å². The van der Waals surface area contributed by atoms with Crippen LogP contribution in [0.15, 0.2) is 89.2 Å². The van der Waals surface area contributed by atoms with Gasteiger partial charge in [-0.05, 0) is 53.1 Å². The number of hydrogen-bond donors (Lipinski definition) is 3. The first kappa shape index (κ1) is 37.5. The SMILES string of the molecule is CCC(C)C(C(=O)N[C@@H](Cc1ccccc1)[C@H](O)CN(CC(C)C)S(=O)(=O)c1ccc(/C=N/O)cc1)N1CCN(Cc2cccnc2)C1=O. The molecule has 1 saturated heterocycles. The van der Waals surface area contributed by atoms with E-state index in [-0.39, 0.29) is 42.3 Å². The van der Waals surface area contributed by atoms with E-state index in [0.29, 0.717) is 31.6 Å². The summed E-state index contributed by atoms with van der Waals surface area (Å²) < 4.78 is 29.0. The lowest BCUT2D eigenvalue weighted by atomic mass is 9.95. The van der Waals surface area contributed by atoms with Crippen LogP contribution in [-0.2, 0) is 27.8 Å². The molecule has 1 aliphatic heterocycles. The Balaban J connectivity index is 1.59. The fourth-order valence-electron chi connectivity index (χ4n) is 6.02. The van der Waals surface area contributed by atoms with Crippen molar-refractivity contribution in [1.82, 2.24) is 24.4 Å². The minimum Gasteiger partial charge on any atom is -0.411 e. The van der Waals surface area contributed by atoms with Gasteiger partial charge in [0.15, 0.2) is 0 Å². The van der Waals surface area contributed by atoms with E-state index in [1.54, 1.807) is 22.2 Å². The van der Waals surface area contributed by atoms with Crippen molar-refractivity contribution in [3.63, 3.8) is 0 Å². The second-order valence-electron chi connectivity index (χ2n) is 13.0. The Kier molecular flexibility index (Phi) is 13.3. The van der Waals surface area contributed by atoms with Gasteiger partial charge in [-0.2, -0.15) is 4.31 Å². The highest BCUT2D eigenvalue weighted by molar-refractivity contribution is 7.89. The topological polar surface area (TPSA) is 156 Å². The molecule has 4 atom stereocenters. The fourth-order valence-corrected chi connectivity index (χ4v) is 7.65. The van der Waals surface area contributed by atoms with Gasteiger partial charge < -0.3 is 25.4 Å². The molecule has 3 aromatic rings. The van der Waals surface area contributed by atoms with Crippen molar-refractivity contribution in [3.8, 4) is 0 Å². The van der Waals surface area contributed by atoms with Crippen LogP contribution in [0.4, 0.5) is 4.79 Å². The lowest BCUT2D eigenvalue weighted by Crippen LogP contribution is -2.57. The second kappa shape index (κ2) is 17.4. The normalized spacial score (nSPS) is 16.3. The molecule has 2 aromatic carbocycles. The molecule has 3 N–H and O–H groups in total. The first-order chi connectivity index (χ1) is 23.4. The third-order valence-corrected chi connectivity index (χ3v) is 10.6. The number of urea groups is 1. The number of sulfonamides is 1. The van der Waals surface area contributed by atoms with Gasteiger partial charge in [-0.1, -0.05) is 87.8 Å². The number of nitrogens with one attached hydrogen (secondary N) is 1. The molecule has 1 aromatic heterocycles. The minimum absolute atomic E-state index is 0.0271. The number of aliphatic hydroxyl groups is 1. The summed E-state index contributed by atoms with van der Waals surface area (Å²) in [7, 11) is -4.05. The third-order valence-electron chi connectivity index (χ3n) is 8.79. The average Bonchev–Trinajstić information content (AvgIpc) is 3.43. The highest BCUT2D eigenvalue weighted by Gasteiger charge is 2.41. The highest BCUT2D eigenvalue weighted by atomic mass is 32.2. The van der Waals surface area contributed by atoms with Crippen LogP contribution in [0.2, 0.25) is 0 Å². The Bertz CT molecular complexity index is 1640. The molecule has 3 amide bonds. The molecule has 49 heavy (non-hydrogen) atoms. The molecular weight excluding hydrogens is 644 g/mol. The summed E-state index contributed by atoms with van der Waals surface area (Å²) in [5, 5.41) is 26.6. The third kappa shape index (κ3) is 9.87. The molecule has 0 radical (unpaired) electrons. The zero-order valence-electron chi connectivity index (χ0n) is 28.6. The van der Waals surface area contributed by atoms with Crippen molar-refractivity contribution in [1.29, 1.82) is 0 Å². The molecule has 0 spiro atoms. The summed E-state index contributed by atoms with van der Waals surface area (Å²) in [6, 6.07) is 17.1. The van der Waals surface area contributed by atoms with E-state index in [4.69, 9.17) is 5.21 Å². The van der Waals surface area contributed by atoms with E-state index in [2.05, 4.69) is 15.5 Å². The summed E-state index contributed by atoms with van der Waals surface area (Å²) in [5.74, 6) is -0.644. The summed E-state index contributed by atoms with van der Waals surface area (Å²) in [4.78, 5) is 35.3. The van der Waals surface area contributed by atoms with E-state index >= 15 is 0 Å². The van der Waals surface area contributed by atoms with E-state index < -0.39 is 34.1 Å². The van der Waals surface area contributed by atoms with Crippen LogP contribution in [0.5, 0.6) is 0 Å². The van der Waals surface area contributed by atoms with Crippen molar-refractivity contribution in [2.45, 2.75) is 70.2 Å². The van der Waals surface area contributed by atoms with Gasteiger partial charge >= 0.3 is 6.03 Å². The summed E-state index contributed by atoms with van der Waals surface area (Å²) in [6.45, 7) is 8.75. The highest BCUT2D eigenvalue weighted by Crippen LogP contribution is 2.24.